The van der Waals surface area contributed by atoms with E-state index in [9.17, 15) is 0 Å². The second-order valence-electron chi connectivity index (χ2n) is 2.48. The maximum atomic E-state index is 8.00. The Balaban J connectivity index is 0.000000227. The van der Waals surface area contributed by atoms with Crippen LogP contribution in [0.3, 0.4) is 0 Å². The minimum absolute atomic E-state index is 0.806. The summed E-state index contributed by atoms with van der Waals surface area (Å²) in [6.07, 6.45) is 5.32. The Morgan fingerprint density at radius 2 is 1.87 bits per heavy atom. The maximum absolute atomic E-state index is 8.00. The molecule has 1 N–H and O–H groups in total. The predicted molar refractivity (Wildman–Crippen MR) is 61.9 cm³/mol. The number of rotatable bonds is 0. The number of pyridine rings is 1. The number of hydrogen-bond donors (Lipinski definition) is 1. The van der Waals surface area contributed by atoms with Crippen molar-refractivity contribution in [1.82, 2.24) is 9.97 Å². The van der Waals surface area contributed by atoms with Crippen LogP contribution in [0.25, 0.3) is 0 Å². The second kappa shape index (κ2) is 8.97. The van der Waals surface area contributed by atoms with Crippen LogP contribution in [0.2, 0.25) is 5.02 Å². The smallest absolute Gasteiger partial charge is 0.106 e. The van der Waals surface area contributed by atoms with Gasteiger partial charge < -0.3 is 9.78 Å². The Bertz CT molecular complexity index is 305. The van der Waals surface area contributed by atoms with Gasteiger partial charge in [0.2, 0.25) is 0 Å². The largest absolute Gasteiger partial charge is 0.364 e. The third-order valence-corrected chi connectivity index (χ3v) is 1.86. The molecule has 0 saturated heterocycles. The Morgan fingerprint density at radius 1 is 1.27 bits per heavy atom. The highest BCUT2D eigenvalue weighted by Crippen LogP contribution is 2.10. The molecule has 2 aromatic rings. The van der Waals surface area contributed by atoms with Gasteiger partial charge in [0.25, 0.3) is 0 Å². The molecule has 0 saturated carbocycles. The van der Waals surface area contributed by atoms with E-state index < -0.39 is 0 Å². The molecule has 0 aromatic carbocycles. The van der Waals surface area contributed by atoms with Crippen LogP contribution in [-0.4, -0.2) is 16.8 Å². The van der Waals surface area contributed by atoms with Gasteiger partial charge in [-0.15, -0.1) is 0 Å². The highest BCUT2D eigenvalue weighted by molar-refractivity contribution is 6.31. The molecule has 0 bridgehead atoms. The third-order valence-electron chi connectivity index (χ3n) is 1.45. The fraction of sp³-hybridized carbons (Fsp3) is 0.0909. The highest BCUT2D eigenvalue weighted by Gasteiger charge is 1.88. The lowest BCUT2D eigenvalue weighted by Gasteiger charge is -1.78. The minimum atomic E-state index is 0.806. The summed E-state index contributed by atoms with van der Waals surface area (Å²) in [4.78, 5) is 14.7. The van der Waals surface area contributed by atoms with Crippen LogP contribution in [0.15, 0.2) is 42.9 Å². The van der Waals surface area contributed by atoms with Crippen molar-refractivity contribution in [3.8, 4) is 0 Å². The average Bonchev–Trinajstić information content (AvgIpc) is 2.69. The van der Waals surface area contributed by atoms with E-state index in [0.717, 1.165) is 10.7 Å². The van der Waals surface area contributed by atoms with Crippen molar-refractivity contribution in [2.75, 3.05) is 0 Å². The van der Waals surface area contributed by atoms with Gasteiger partial charge in [-0.2, -0.15) is 0 Å². The van der Waals surface area contributed by atoms with Gasteiger partial charge in [0.1, 0.15) is 6.79 Å². The first kappa shape index (κ1) is 13.4. The van der Waals surface area contributed by atoms with Gasteiger partial charge in [-0.3, -0.25) is 4.98 Å². The molecule has 3 nitrogen and oxygen atoms in total. The zero-order valence-corrected chi connectivity index (χ0v) is 9.24. The third kappa shape index (κ3) is 6.46. The topological polar surface area (TPSA) is 45.8 Å². The summed E-state index contributed by atoms with van der Waals surface area (Å²) < 4.78 is 0. The van der Waals surface area contributed by atoms with Crippen molar-refractivity contribution in [1.29, 1.82) is 0 Å². The number of halogens is 1. The van der Waals surface area contributed by atoms with Gasteiger partial charge in [0.05, 0.1) is 5.02 Å². The number of aromatic nitrogens is 2. The lowest BCUT2D eigenvalue weighted by molar-refractivity contribution is -0.0979. The normalized spacial score (nSPS) is 7.87. The summed E-state index contributed by atoms with van der Waals surface area (Å²) >= 11 is 5.59. The molecular formula is C11H13ClN2O. The molecule has 0 atom stereocenters. The van der Waals surface area contributed by atoms with Crippen LogP contribution >= 0.6 is 11.6 Å². The summed E-state index contributed by atoms with van der Waals surface area (Å²) in [7, 11) is 0. The van der Waals surface area contributed by atoms with Gasteiger partial charge in [-0.05, 0) is 25.1 Å². The van der Waals surface area contributed by atoms with E-state index in [0.29, 0.717) is 0 Å². The lowest BCUT2D eigenvalue weighted by atomic mass is 10.5. The predicted octanol–water partition coefficient (Wildman–Crippen LogP) is 2.87. The van der Waals surface area contributed by atoms with E-state index in [1.54, 1.807) is 12.4 Å². The maximum Gasteiger partial charge on any atom is 0.106 e. The molecule has 80 valence electrons. The van der Waals surface area contributed by atoms with E-state index in [4.69, 9.17) is 16.4 Å². The molecule has 2 aromatic heterocycles. The summed E-state index contributed by atoms with van der Waals surface area (Å²) in [5.41, 5.74) is 1.03. The van der Waals surface area contributed by atoms with Gasteiger partial charge in [-0.25, -0.2) is 0 Å². The Labute approximate surface area is 94.1 Å². The molecule has 0 aliphatic carbocycles. The van der Waals surface area contributed by atoms with Crippen LogP contribution in [-0.2, 0) is 4.79 Å². The molecule has 4 heteroatoms. The van der Waals surface area contributed by atoms with Crippen molar-refractivity contribution in [2.24, 2.45) is 0 Å². The number of nitrogens with zero attached hydrogens (tertiary/aromatic N) is 1. The number of H-pyrrole nitrogens is 1. The quantitative estimate of drug-likeness (QED) is 0.748. The SMILES string of the molecule is C=O.Cc1[nH]ccc1Cl.c1ccncc1. The zero-order valence-electron chi connectivity index (χ0n) is 8.48. The molecule has 0 fully saturated rings. The summed E-state index contributed by atoms with van der Waals surface area (Å²) in [6.45, 7) is 3.93. The number of carbonyl (C=O) groups is 1. The van der Waals surface area contributed by atoms with Crippen LogP contribution in [0.1, 0.15) is 5.69 Å². The summed E-state index contributed by atoms with van der Waals surface area (Å²) in [5, 5.41) is 0.806. The number of aryl methyl sites for hydroxylation is 1. The number of nitrogens with one attached hydrogen (secondary N) is 1. The first-order valence-corrected chi connectivity index (χ1v) is 4.62. The molecule has 15 heavy (non-hydrogen) atoms. The van der Waals surface area contributed by atoms with Crippen molar-refractivity contribution in [3.05, 3.63) is 53.6 Å². The first-order chi connectivity index (χ1) is 7.30. The number of aromatic amines is 1. The van der Waals surface area contributed by atoms with Crippen LogP contribution in [0.5, 0.6) is 0 Å². The molecule has 0 spiro atoms. The average molecular weight is 225 g/mol. The summed E-state index contributed by atoms with van der Waals surface area (Å²) in [6, 6.07) is 7.55. The molecule has 0 amide bonds. The molecule has 2 rings (SSSR count). The molecule has 0 radical (unpaired) electrons. The van der Waals surface area contributed by atoms with Gasteiger partial charge in [-0.1, -0.05) is 17.7 Å². The summed E-state index contributed by atoms with van der Waals surface area (Å²) in [5.74, 6) is 0. The Hall–Kier alpha value is -1.61. The monoisotopic (exact) mass is 224 g/mol. The standard InChI is InChI=1S/C5H6ClN.C5H5N.CH2O/c1-4-5(6)2-3-7-4;1-2-4-6-5-3-1;1-2/h2-3,7H,1H3;1-5H;1H2. The number of hydrogen-bond acceptors (Lipinski definition) is 2. The van der Waals surface area contributed by atoms with Crippen molar-refractivity contribution < 1.29 is 4.79 Å². The van der Waals surface area contributed by atoms with E-state index >= 15 is 0 Å². The van der Waals surface area contributed by atoms with Crippen LogP contribution in [0.4, 0.5) is 0 Å². The molecule has 0 unspecified atom stereocenters. The van der Waals surface area contributed by atoms with Gasteiger partial charge in [0.15, 0.2) is 0 Å². The fourth-order valence-corrected chi connectivity index (χ4v) is 0.864. The van der Waals surface area contributed by atoms with E-state index in [1.165, 1.54) is 0 Å². The second-order valence-corrected chi connectivity index (χ2v) is 2.88. The zero-order chi connectivity index (χ0) is 11.5. The van der Waals surface area contributed by atoms with Crippen LogP contribution < -0.4 is 0 Å². The molecule has 0 aliphatic heterocycles. The van der Waals surface area contributed by atoms with Crippen molar-refractivity contribution in [3.63, 3.8) is 0 Å². The Morgan fingerprint density at radius 3 is 2.00 bits per heavy atom. The van der Waals surface area contributed by atoms with Crippen molar-refractivity contribution in [2.45, 2.75) is 6.92 Å². The lowest BCUT2D eigenvalue weighted by Crippen LogP contribution is -1.64. The van der Waals surface area contributed by atoms with Crippen LogP contribution in [0, 0.1) is 6.92 Å². The van der Waals surface area contributed by atoms with E-state index in [-0.39, 0.29) is 0 Å². The van der Waals surface area contributed by atoms with Crippen molar-refractivity contribution >= 4 is 18.4 Å². The van der Waals surface area contributed by atoms with E-state index in [1.807, 2.05) is 44.2 Å². The molecular weight excluding hydrogens is 212 g/mol. The highest BCUT2D eigenvalue weighted by atomic mass is 35.5. The number of carbonyl (C=O) groups excluding carboxylic acids is 1. The molecule has 0 aliphatic rings. The molecule has 2 heterocycles. The first-order valence-electron chi connectivity index (χ1n) is 4.24. The Kier molecular flexibility index (Phi) is 8.00. The van der Waals surface area contributed by atoms with Gasteiger partial charge >= 0.3 is 0 Å². The van der Waals surface area contributed by atoms with Gasteiger partial charge in [0, 0.05) is 24.3 Å². The minimum Gasteiger partial charge on any atom is -0.364 e. The van der Waals surface area contributed by atoms with E-state index in [2.05, 4.69) is 9.97 Å². The fourth-order valence-electron chi connectivity index (χ4n) is 0.746.